The maximum atomic E-state index is 6.13. The van der Waals surface area contributed by atoms with E-state index < -0.39 is 0 Å². The summed E-state index contributed by atoms with van der Waals surface area (Å²) in [5, 5.41) is 0. The standard InChI is InChI=1S/C16H23NO2/c1-2-11-4-3-5-12(8-11)19-13-6-7-14-15(17)10-18-16(14)9-13/h6-7,9,11-12,15H,2-5,8,10,17H2,1H3. The van der Waals surface area contributed by atoms with Gasteiger partial charge in [0.25, 0.3) is 0 Å². The van der Waals surface area contributed by atoms with Crippen LogP contribution in [0.25, 0.3) is 0 Å². The fourth-order valence-corrected chi connectivity index (χ4v) is 3.20. The Kier molecular flexibility index (Phi) is 3.65. The molecule has 0 saturated heterocycles. The van der Waals surface area contributed by atoms with E-state index in [1.165, 1.54) is 32.1 Å². The minimum Gasteiger partial charge on any atom is -0.491 e. The molecule has 2 aliphatic rings. The molecule has 1 aromatic rings. The van der Waals surface area contributed by atoms with Gasteiger partial charge in [0.2, 0.25) is 0 Å². The van der Waals surface area contributed by atoms with Crippen LogP contribution in [0.3, 0.4) is 0 Å². The monoisotopic (exact) mass is 261 g/mol. The van der Waals surface area contributed by atoms with Crippen LogP contribution in [0.5, 0.6) is 11.5 Å². The van der Waals surface area contributed by atoms with Gasteiger partial charge in [0, 0.05) is 11.6 Å². The average Bonchev–Trinajstić information content (AvgIpc) is 2.80. The van der Waals surface area contributed by atoms with Crippen LogP contribution in [0.4, 0.5) is 0 Å². The van der Waals surface area contributed by atoms with E-state index in [9.17, 15) is 0 Å². The molecule has 1 heterocycles. The largest absolute Gasteiger partial charge is 0.491 e. The van der Waals surface area contributed by atoms with Crippen LogP contribution in [-0.2, 0) is 0 Å². The van der Waals surface area contributed by atoms with Crippen LogP contribution < -0.4 is 15.2 Å². The van der Waals surface area contributed by atoms with Gasteiger partial charge in [-0.15, -0.1) is 0 Å². The maximum Gasteiger partial charge on any atom is 0.127 e. The zero-order chi connectivity index (χ0) is 13.2. The van der Waals surface area contributed by atoms with Crippen molar-refractivity contribution in [2.45, 2.75) is 51.2 Å². The average molecular weight is 261 g/mol. The third-order valence-corrected chi connectivity index (χ3v) is 4.42. The van der Waals surface area contributed by atoms with E-state index in [4.69, 9.17) is 15.2 Å². The van der Waals surface area contributed by atoms with E-state index in [-0.39, 0.29) is 6.04 Å². The van der Waals surface area contributed by atoms with Gasteiger partial charge in [0.1, 0.15) is 18.1 Å². The van der Waals surface area contributed by atoms with Crippen molar-refractivity contribution in [1.29, 1.82) is 0 Å². The molecule has 3 atom stereocenters. The van der Waals surface area contributed by atoms with Crippen LogP contribution >= 0.6 is 0 Å². The fourth-order valence-electron chi connectivity index (χ4n) is 3.20. The molecule has 104 valence electrons. The molecule has 1 aromatic carbocycles. The van der Waals surface area contributed by atoms with Crippen molar-refractivity contribution >= 4 is 0 Å². The van der Waals surface area contributed by atoms with Crippen LogP contribution in [0, 0.1) is 5.92 Å². The summed E-state index contributed by atoms with van der Waals surface area (Å²) in [4.78, 5) is 0. The summed E-state index contributed by atoms with van der Waals surface area (Å²) in [6, 6.07) is 6.09. The van der Waals surface area contributed by atoms with Crippen molar-refractivity contribution in [3.8, 4) is 11.5 Å². The Morgan fingerprint density at radius 3 is 3.11 bits per heavy atom. The maximum absolute atomic E-state index is 6.13. The summed E-state index contributed by atoms with van der Waals surface area (Å²) in [6.45, 7) is 2.86. The Balaban J connectivity index is 1.67. The highest BCUT2D eigenvalue weighted by Gasteiger charge is 2.24. The van der Waals surface area contributed by atoms with E-state index in [0.29, 0.717) is 12.7 Å². The summed E-state index contributed by atoms with van der Waals surface area (Å²) >= 11 is 0. The minimum atomic E-state index is 0.0169. The van der Waals surface area contributed by atoms with E-state index in [2.05, 4.69) is 6.92 Å². The van der Waals surface area contributed by atoms with Gasteiger partial charge in [-0.05, 0) is 37.3 Å². The highest BCUT2D eigenvalue weighted by molar-refractivity contribution is 5.44. The van der Waals surface area contributed by atoms with Crippen molar-refractivity contribution in [3.05, 3.63) is 23.8 Å². The Morgan fingerprint density at radius 2 is 2.26 bits per heavy atom. The smallest absolute Gasteiger partial charge is 0.127 e. The number of rotatable bonds is 3. The zero-order valence-corrected chi connectivity index (χ0v) is 11.6. The Hall–Kier alpha value is -1.22. The molecule has 19 heavy (non-hydrogen) atoms. The molecule has 1 aliphatic heterocycles. The molecule has 3 nitrogen and oxygen atoms in total. The number of benzene rings is 1. The molecule has 3 unspecified atom stereocenters. The molecule has 0 amide bonds. The first-order valence-electron chi connectivity index (χ1n) is 7.45. The number of fused-ring (bicyclic) bond motifs is 1. The lowest BCUT2D eigenvalue weighted by Gasteiger charge is -2.29. The molecule has 2 N–H and O–H groups in total. The Bertz CT molecular complexity index is 446. The molecule has 0 spiro atoms. The lowest BCUT2D eigenvalue weighted by molar-refractivity contribution is 0.122. The first kappa shape index (κ1) is 12.8. The molecule has 0 aromatic heterocycles. The summed E-state index contributed by atoms with van der Waals surface area (Å²) in [7, 11) is 0. The van der Waals surface area contributed by atoms with E-state index >= 15 is 0 Å². The second-order valence-corrected chi connectivity index (χ2v) is 5.80. The predicted molar refractivity (Wildman–Crippen MR) is 75.5 cm³/mol. The second kappa shape index (κ2) is 5.41. The van der Waals surface area contributed by atoms with Crippen LogP contribution in [-0.4, -0.2) is 12.7 Å². The molecular formula is C16H23NO2. The number of nitrogens with two attached hydrogens (primary N) is 1. The second-order valence-electron chi connectivity index (χ2n) is 5.80. The quantitative estimate of drug-likeness (QED) is 0.906. The summed E-state index contributed by atoms with van der Waals surface area (Å²) in [5.74, 6) is 2.65. The van der Waals surface area contributed by atoms with Crippen LogP contribution in [0.15, 0.2) is 18.2 Å². The van der Waals surface area contributed by atoms with Crippen molar-refractivity contribution < 1.29 is 9.47 Å². The molecule has 3 heteroatoms. The molecule has 0 radical (unpaired) electrons. The number of hydrogen-bond acceptors (Lipinski definition) is 3. The van der Waals surface area contributed by atoms with Crippen LogP contribution in [0.1, 0.15) is 50.6 Å². The van der Waals surface area contributed by atoms with Gasteiger partial charge in [0.15, 0.2) is 0 Å². The first-order chi connectivity index (χ1) is 9.26. The predicted octanol–water partition coefficient (Wildman–Crippen LogP) is 3.43. The summed E-state index contributed by atoms with van der Waals surface area (Å²) < 4.78 is 11.7. The SMILES string of the molecule is CCC1CCCC(Oc2ccc3c(c2)OCC3N)C1. The lowest BCUT2D eigenvalue weighted by atomic mass is 9.85. The van der Waals surface area contributed by atoms with Crippen molar-refractivity contribution in [2.24, 2.45) is 11.7 Å². The first-order valence-corrected chi connectivity index (χ1v) is 7.45. The van der Waals surface area contributed by atoms with E-state index in [0.717, 1.165) is 23.0 Å². The van der Waals surface area contributed by atoms with Crippen molar-refractivity contribution in [1.82, 2.24) is 0 Å². The highest BCUT2D eigenvalue weighted by Crippen LogP contribution is 2.36. The molecule has 1 fully saturated rings. The molecule has 3 rings (SSSR count). The Labute approximate surface area is 115 Å². The van der Waals surface area contributed by atoms with Gasteiger partial charge < -0.3 is 15.2 Å². The highest BCUT2D eigenvalue weighted by atomic mass is 16.5. The summed E-state index contributed by atoms with van der Waals surface area (Å²) in [5.41, 5.74) is 7.05. The number of ether oxygens (including phenoxy) is 2. The molecule has 0 bridgehead atoms. The van der Waals surface area contributed by atoms with Gasteiger partial charge in [-0.1, -0.05) is 19.8 Å². The van der Waals surface area contributed by atoms with Gasteiger partial charge in [-0.2, -0.15) is 0 Å². The van der Waals surface area contributed by atoms with Crippen LogP contribution in [0.2, 0.25) is 0 Å². The van der Waals surface area contributed by atoms with Gasteiger partial charge in [-0.3, -0.25) is 0 Å². The topological polar surface area (TPSA) is 44.5 Å². The number of hydrogen-bond donors (Lipinski definition) is 1. The third-order valence-electron chi connectivity index (χ3n) is 4.42. The van der Waals surface area contributed by atoms with E-state index in [1.54, 1.807) is 0 Å². The third kappa shape index (κ3) is 2.71. The molecule has 1 aliphatic carbocycles. The molecular weight excluding hydrogens is 238 g/mol. The fraction of sp³-hybridized carbons (Fsp3) is 0.625. The van der Waals surface area contributed by atoms with E-state index in [1.807, 2.05) is 18.2 Å². The summed E-state index contributed by atoms with van der Waals surface area (Å²) in [6.07, 6.45) is 6.64. The van der Waals surface area contributed by atoms with Gasteiger partial charge in [0.05, 0.1) is 12.1 Å². The Morgan fingerprint density at radius 1 is 1.37 bits per heavy atom. The molecule has 1 saturated carbocycles. The van der Waals surface area contributed by atoms with Crippen molar-refractivity contribution in [3.63, 3.8) is 0 Å². The minimum absolute atomic E-state index is 0.0169. The lowest BCUT2D eigenvalue weighted by Crippen LogP contribution is -2.25. The van der Waals surface area contributed by atoms with Gasteiger partial charge in [-0.25, -0.2) is 0 Å². The normalized spacial score (nSPS) is 29.7. The van der Waals surface area contributed by atoms with Gasteiger partial charge >= 0.3 is 0 Å². The van der Waals surface area contributed by atoms with Crippen molar-refractivity contribution in [2.75, 3.05) is 6.61 Å². The zero-order valence-electron chi connectivity index (χ0n) is 11.6.